The Balaban J connectivity index is 3.15. The van der Waals surface area contributed by atoms with Crippen molar-refractivity contribution in [3.63, 3.8) is 0 Å². The summed E-state index contributed by atoms with van der Waals surface area (Å²) in [6.45, 7) is 8.05. The Hall–Kier alpha value is -0.830. The Morgan fingerprint density at radius 2 is 2.14 bits per heavy atom. The summed E-state index contributed by atoms with van der Waals surface area (Å²) < 4.78 is 0. The lowest BCUT2D eigenvalue weighted by Gasteiger charge is -2.04. The van der Waals surface area contributed by atoms with E-state index in [4.69, 9.17) is 0 Å². The Kier molecular flexibility index (Phi) is 9.64. The smallest absolute Gasteiger partial charge is 0.221 e. The van der Waals surface area contributed by atoms with Crippen LogP contribution in [0.5, 0.6) is 0 Å². The molecular weight excluding hydrogens is 176 g/mol. The molecule has 0 unspecified atom stereocenters. The van der Waals surface area contributed by atoms with Crippen LogP contribution in [0.3, 0.4) is 0 Å². The zero-order valence-corrected chi connectivity index (χ0v) is 9.14. The Bertz CT molecular complexity index is 157. The van der Waals surface area contributed by atoms with E-state index in [1.165, 1.54) is 12.8 Å². The van der Waals surface area contributed by atoms with E-state index >= 15 is 0 Å². The van der Waals surface area contributed by atoms with Crippen molar-refractivity contribution >= 4 is 5.91 Å². The van der Waals surface area contributed by atoms with E-state index in [-0.39, 0.29) is 5.91 Å². The van der Waals surface area contributed by atoms with Crippen molar-refractivity contribution in [1.29, 1.82) is 0 Å². The van der Waals surface area contributed by atoms with Crippen LogP contribution < -0.4 is 10.6 Å². The van der Waals surface area contributed by atoms with Crippen LogP contribution in [0, 0.1) is 0 Å². The highest BCUT2D eigenvalue weighted by molar-refractivity contribution is 5.75. The minimum Gasteiger partial charge on any atom is -0.356 e. The third kappa shape index (κ3) is 9.26. The molecule has 0 aromatic carbocycles. The van der Waals surface area contributed by atoms with E-state index in [1.54, 1.807) is 6.08 Å². The molecule has 0 spiro atoms. The summed E-state index contributed by atoms with van der Waals surface area (Å²) in [6.07, 6.45) is 5.81. The van der Waals surface area contributed by atoms with Gasteiger partial charge in [0.25, 0.3) is 0 Å². The van der Waals surface area contributed by atoms with E-state index < -0.39 is 0 Å². The van der Waals surface area contributed by atoms with Gasteiger partial charge in [0.2, 0.25) is 5.91 Å². The molecule has 0 bridgehead atoms. The van der Waals surface area contributed by atoms with Gasteiger partial charge in [0, 0.05) is 26.1 Å². The fourth-order valence-electron chi connectivity index (χ4n) is 1.10. The van der Waals surface area contributed by atoms with Gasteiger partial charge in [-0.2, -0.15) is 0 Å². The van der Waals surface area contributed by atoms with Gasteiger partial charge in [0.1, 0.15) is 0 Å². The van der Waals surface area contributed by atoms with Crippen LogP contribution in [0.4, 0.5) is 0 Å². The largest absolute Gasteiger partial charge is 0.356 e. The molecule has 0 aliphatic carbocycles. The van der Waals surface area contributed by atoms with Crippen LogP contribution in [0.15, 0.2) is 12.7 Å². The number of nitrogens with one attached hydrogen (secondary N) is 2. The standard InChI is InChI=1S/C11H22N2O/c1-3-5-6-9-13-11(14)7-10-12-8-4-2/h4,12H,2-3,5-10H2,1H3,(H,13,14). The Morgan fingerprint density at radius 1 is 1.36 bits per heavy atom. The predicted molar refractivity (Wildman–Crippen MR) is 60.2 cm³/mol. The maximum Gasteiger partial charge on any atom is 0.221 e. The zero-order valence-electron chi connectivity index (χ0n) is 9.14. The van der Waals surface area contributed by atoms with Gasteiger partial charge in [-0.25, -0.2) is 0 Å². The minimum atomic E-state index is 0.137. The quantitative estimate of drug-likeness (QED) is 0.435. The molecule has 0 saturated heterocycles. The third-order valence-electron chi connectivity index (χ3n) is 1.92. The van der Waals surface area contributed by atoms with E-state index in [0.717, 1.165) is 26.1 Å². The lowest BCUT2D eigenvalue weighted by atomic mass is 10.2. The normalized spacial score (nSPS) is 9.79. The van der Waals surface area contributed by atoms with Crippen LogP contribution >= 0.6 is 0 Å². The summed E-state index contributed by atoms with van der Waals surface area (Å²) >= 11 is 0. The first-order chi connectivity index (χ1) is 6.81. The molecule has 14 heavy (non-hydrogen) atoms. The molecule has 0 aromatic rings. The zero-order chi connectivity index (χ0) is 10.6. The van der Waals surface area contributed by atoms with E-state index in [9.17, 15) is 4.79 Å². The lowest BCUT2D eigenvalue weighted by Crippen LogP contribution is -2.28. The van der Waals surface area contributed by atoms with Gasteiger partial charge in [-0.1, -0.05) is 25.8 Å². The average Bonchev–Trinajstić information content (AvgIpc) is 2.19. The summed E-state index contributed by atoms with van der Waals surface area (Å²) in [4.78, 5) is 11.2. The summed E-state index contributed by atoms with van der Waals surface area (Å²) in [6, 6.07) is 0. The van der Waals surface area contributed by atoms with E-state index in [1.807, 2.05) is 0 Å². The number of unbranched alkanes of at least 4 members (excludes halogenated alkanes) is 2. The van der Waals surface area contributed by atoms with Crippen molar-refractivity contribution in [2.75, 3.05) is 19.6 Å². The second-order valence-electron chi connectivity index (χ2n) is 3.30. The molecular formula is C11H22N2O. The summed E-state index contributed by atoms with van der Waals surface area (Å²) in [5.74, 6) is 0.137. The number of carbonyl (C=O) groups excluding carboxylic acids is 1. The summed E-state index contributed by atoms with van der Waals surface area (Å²) in [5, 5.41) is 5.98. The number of hydrogen-bond donors (Lipinski definition) is 2. The second-order valence-corrected chi connectivity index (χ2v) is 3.30. The Labute approximate surface area is 87.0 Å². The molecule has 0 heterocycles. The number of amides is 1. The van der Waals surface area contributed by atoms with Crippen LogP contribution in [0.1, 0.15) is 32.6 Å². The average molecular weight is 198 g/mol. The number of carbonyl (C=O) groups is 1. The van der Waals surface area contributed by atoms with Gasteiger partial charge in [-0.15, -0.1) is 6.58 Å². The van der Waals surface area contributed by atoms with Crippen molar-refractivity contribution in [3.8, 4) is 0 Å². The van der Waals surface area contributed by atoms with Crippen molar-refractivity contribution < 1.29 is 4.79 Å². The molecule has 0 atom stereocenters. The predicted octanol–water partition coefficient (Wildman–Crippen LogP) is 1.46. The van der Waals surface area contributed by atoms with Crippen LogP contribution in [0.25, 0.3) is 0 Å². The maximum absolute atomic E-state index is 11.2. The van der Waals surface area contributed by atoms with Crippen LogP contribution in [-0.4, -0.2) is 25.5 Å². The van der Waals surface area contributed by atoms with Gasteiger partial charge in [-0.05, 0) is 6.42 Å². The van der Waals surface area contributed by atoms with Crippen LogP contribution in [0.2, 0.25) is 0 Å². The van der Waals surface area contributed by atoms with Crippen LogP contribution in [-0.2, 0) is 4.79 Å². The third-order valence-corrected chi connectivity index (χ3v) is 1.92. The monoisotopic (exact) mass is 198 g/mol. The van der Waals surface area contributed by atoms with Gasteiger partial charge in [-0.3, -0.25) is 4.79 Å². The molecule has 0 aromatic heterocycles. The van der Waals surface area contributed by atoms with Gasteiger partial charge in [0.15, 0.2) is 0 Å². The number of hydrogen-bond acceptors (Lipinski definition) is 2. The SMILES string of the molecule is C=CCNCCC(=O)NCCCCC. The van der Waals surface area contributed by atoms with E-state index in [0.29, 0.717) is 6.42 Å². The highest BCUT2D eigenvalue weighted by Gasteiger charge is 1.98. The molecule has 0 aliphatic heterocycles. The van der Waals surface area contributed by atoms with Gasteiger partial charge >= 0.3 is 0 Å². The van der Waals surface area contributed by atoms with Crippen molar-refractivity contribution in [2.24, 2.45) is 0 Å². The first-order valence-corrected chi connectivity index (χ1v) is 5.39. The minimum absolute atomic E-state index is 0.137. The summed E-state index contributed by atoms with van der Waals surface area (Å²) in [7, 11) is 0. The molecule has 3 nitrogen and oxygen atoms in total. The molecule has 0 aliphatic rings. The molecule has 2 N–H and O–H groups in total. The second kappa shape index (κ2) is 10.3. The van der Waals surface area contributed by atoms with Crippen molar-refractivity contribution in [2.45, 2.75) is 32.6 Å². The lowest BCUT2D eigenvalue weighted by molar-refractivity contribution is -0.120. The fraction of sp³-hybridized carbons (Fsp3) is 0.727. The molecule has 1 amide bonds. The maximum atomic E-state index is 11.2. The first kappa shape index (κ1) is 13.2. The molecule has 0 fully saturated rings. The topological polar surface area (TPSA) is 41.1 Å². The molecule has 0 radical (unpaired) electrons. The van der Waals surface area contributed by atoms with E-state index in [2.05, 4.69) is 24.1 Å². The highest BCUT2D eigenvalue weighted by Crippen LogP contribution is 1.91. The molecule has 3 heteroatoms. The first-order valence-electron chi connectivity index (χ1n) is 5.39. The van der Waals surface area contributed by atoms with Gasteiger partial charge in [0.05, 0.1) is 0 Å². The molecule has 0 rings (SSSR count). The van der Waals surface area contributed by atoms with Crippen molar-refractivity contribution in [3.05, 3.63) is 12.7 Å². The number of rotatable bonds is 9. The van der Waals surface area contributed by atoms with Gasteiger partial charge < -0.3 is 10.6 Å². The summed E-state index contributed by atoms with van der Waals surface area (Å²) in [5.41, 5.74) is 0. The Morgan fingerprint density at radius 3 is 2.79 bits per heavy atom. The molecule has 82 valence electrons. The fourth-order valence-corrected chi connectivity index (χ4v) is 1.10. The van der Waals surface area contributed by atoms with Crippen molar-refractivity contribution in [1.82, 2.24) is 10.6 Å². The highest BCUT2D eigenvalue weighted by atomic mass is 16.1. The molecule has 0 saturated carbocycles.